The van der Waals surface area contributed by atoms with Gasteiger partial charge in [-0.25, -0.2) is 5.01 Å². The minimum absolute atomic E-state index is 0.0275. The van der Waals surface area contributed by atoms with E-state index in [0.29, 0.717) is 11.4 Å². The molecular weight excluding hydrogens is 364 g/mol. The van der Waals surface area contributed by atoms with Crippen molar-refractivity contribution in [1.29, 1.82) is 0 Å². The number of phenolic OH excluding ortho intramolecular Hbond substituents is 3. The van der Waals surface area contributed by atoms with Gasteiger partial charge < -0.3 is 21.1 Å². The Kier molecular flexibility index (Phi) is 4.82. The number of hydrogen-bond donors (Lipinski definition) is 5. The summed E-state index contributed by atoms with van der Waals surface area (Å²) >= 11 is 0. The Labute approximate surface area is 160 Å². The van der Waals surface area contributed by atoms with Crippen molar-refractivity contribution < 1.29 is 20.2 Å². The summed E-state index contributed by atoms with van der Waals surface area (Å²) in [6, 6.07) is 12.8. The maximum Gasteiger partial charge on any atom is 0.295 e. The second kappa shape index (κ2) is 7.23. The van der Waals surface area contributed by atoms with Crippen molar-refractivity contribution in [2.45, 2.75) is 6.92 Å². The van der Waals surface area contributed by atoms with E-state index in [2.05, 4.69) is 5.43 Å². The molecule has 3 aromatic carbocycles. The summed E-state index contributed by atoms with van der Waals surface area (Å²) in [6.45, 7) is 1.55. The maximum absolute atomic E-state index is 11.6. The Bertz CT molecular complexity index is 1040. The molecule has 0 bridgehead atoms. The highest BCUT2D eigenvalue weighted by Gasteiger charge is 2.25. The number of rotatable bonds is 5. The summed E-state index contributed by atoms with van der Waals surface area (Å²) in [5.74, 6) is -0.183. The number of nitrogens with one attached hydrogen (secondary N) is 1. The fraction of sp³-hybridized carbons (Fsp3) is 0.0526. The molecule has 0 amide bonds. The number of hydrogen-bond acceptors (Lipinski definition) is 8. The number of nitro benzene ring substituents is 1. The Balaban J connectivity index is 2.19. The van der Waals surface area contributed by atoms with Crippen LogP contribution in [0.4, 0.5) is 28.4 Å². The highest BCUT2D eigenvalue weighted by molar-refractivity contribution is 5.80. The average molecular weight is 382 g/mol. The van der Waals surface area contributed by atoms with Crippen LogP contribution >= 0.6 is 0 Å². The highest BCUT2D eigenvalue weighted by atomic mass is 16.6. The first-order chi connectivity index (χ1) is 13.3. The number of benzene rings is 3. The minimum Gasteiger partial charge on any atom is -0.508 e. The van der Waals surface area contributed by atoms with Gasteiger partial charge in [-0.15, -0.1) is 0 Å². The number of anilines is 4. The van der Waals surface area contributed by atoms with Crippen LogP contribution in [-0.2, 0) is 0 Å². The van der Waals surface area contributed by atoms with E-state index in [1.54, 1.807) is 25.1 Å². The molecule has 0 unspecified atom stereocenters. The molecule has 0 aliphatic rings. The largest absolute Gasteiger partial charge is 0.508 e. The lowest BCUT2D eigenvalue weighted by Crippen LogP contribution is -2.26. The molecule has 144 valence electrons. The normalized spacial score (nSPS) is 10.5. The molecule has 0 aliphatic carbocycles. The van der Waals surface area contributed by atoms with Crippen LogP contribution in [0.5, 0.6) is 17.2 Å². The molecule has 9 heteroatoms. The lowest BCUT2D eigenvalue weighted by atomic mass is 10.1. The Morgan fingerprint density at radius 2 is 1.64 bits per heavy atom. The molecule has 0 aliphatic heterocycles. The molecule has 0 aromatic heterocycles. The molecule has 0 heterocycles. The zero-order valence-corrected chi connectivity index (χ0v) is 14.8. The first kappa shape index (κ1) is 18.6. The van der Waals surface area contributed by atoms with Crippen LogP contribution in [0.1, 0.15) is 5.56 Å². The summed E-state index contributed by atoms with van der Waals surface area (Å²) in [7, 11) is 0. The van der Waals surface area contributed by atoms with E-state index in [4.69, 9.17) is 5.73 Å². The number of nitro groups is 1. The highest BCUT2D eigenvalue weighted by Crippen LogP contribution is 2.41. The van der Waals surface area contributed by atoms with Crippen molar-refractivity contribution in [1.82, 2.24) is 0 Å². The quantitative estimate of drug-likeness (QED) is 0.147. The van der Waals surface area contributed by atoms with E-state index in [0.717, 1.165) is 0 Å². The third kappa shape index (κ3) is 3.54. The topological polar surface area (TPSA) is 145 Å². The smallest absolute Gasteiger partial charge is 0.295 e. The number of hydrazine groups is 1. The van der Waals surface area contributed by atoms with Gasteiger partial charge in [0.1, 0.15) is 22.9 Å². The van der Waals surface area contributed by atoms with E-state index in [1.807, 2.05) is 0 Å². The number of aromatic hydroxyl groups is 3. The van der Waals surface area contributed by atoms with Gasteiger partial charge in [0, 0.05) is 11.6 Å². The molecule has 0 spiro atoms. The molecule has 6 N–H and O–H groups in total. The average Bonchev–Trinajstić information content (AvgIpc) is 2.65. The van der Waals surface area contributed by atoms with Crippen molar-refractivity contribution in [2.24, 2.45) is 0 Å². The van der Waals surface area contributed by atoms with E-state index < -0.39 is 4.92 Å². The Morgan fingerprint density at radius 3 is 2.25 bits per heavy atom. The van der Waals surface area contributed by atoms with Gasteiger partial charge in [0.25, 0.3) is 5.69 Å². The Hall–Kier alpha value is -4.14. The van der Waals surface area contributed by atoms with E-state index in [-0.39, 0.29) is 39.9 Å². The van der Waals surface area contributed by atoms with E-state index in [1.165, 1.54) is 41.4 Å². The number of nitrogen functional groups attached to an aromatic ring is 1. The standard InChI is InChI=1S/C19H18N4O5/c1-11-17(25)9-7-16(23(27)28)19(11)22(13-3-5-14(24)6-4-13)21-12-2-8-18(26)15(20)10-12/h2-10,21,24-26H,20H2,1H3. The molecule has 0 fully saturated rings. The first-order valence-corrected chi connectivity index (χ1v) is 8.19. The third-order valence-corrected chi connectivity index (χ3v) is 4.18. The molecule has 3 aromatic rings. The van der Waals surface area contributed by atoms with Crippen molar-refractivity contribution in [3.05, 3.63) is 70.3 Å². The van der Waals surface area contributed by atoms with Crippen molar-refractivity contribution in [3.63, 3.8) is 0 Å². The Morgan fingerprint density at radius 1 is 1.00 bits per heavy atom. The molecule has 0 atom stereocenters. The van der Waals surface area contributed by atoms with Crippen LogP contribution in [0, 0.1) is 17.0 Å². The lowest BCUT2D eigenvalue weighted by Gasteiger charge is -2.28. The molecule has 9 nitrogen and oxygen atoms in total. The second-order valence-electron chi connectivity index (χ2n) is 6.07. The van der Waals surface area contributed by atoms with Gasteiger partial charge in [-0.3, -0.25) is 15.5 Å². The van der Waals surface area contributed by atoms with E-state index in [9.17, 15) is 25.4 Å². The van der Waals surface area contributed by atoms with Crippen molar-refractivity contribution in [3.8, 4) is 17.2 Å². The maximum atomic E-state index is 11.6. The van der Waals surface area contributed by atoms with Crippen LogP contribution < -0.4 is 16.2 Å². The summed E-state index contributed by atoms with van der Waals surface area (Å²) in [5, 5.41) is 42.3. The van der Waals surface area contributed by atoms with Crippen LogP contribution in [0.3, 0.4) is 0 Å². The minimum atomic E-state index is -0.554. The fourth-order valence-electron chi connectivity index (χ4n) is 2.71. The van der Waals surface area contributed by atoms with Crippen LogP contribution in [0.25, 0.3) is 0 Å². The predicted molar refractivity (Wildman–Crippen MR) is 106 cm³/mol. The summed E-state index contributed by atoms with van der Waals surface area (Å²) in [6.07, 6.45) is 0. The second-order valence-corrected chi connectivity index (χ2v) is 6.07. The van der Waals surface area contributed by atoms with Gasteiger partial charge in [-0.2, -0.15) is 0 Å². The van der Waals surface area contributed by atoms with E-state index >= 15 is 0 Å². The van der Waals surface area contributed by atoms with Crippen molar-refractivity contribution >= 4 is 28.4 Å². The number of nitrogens with zero attached hydrogens (tertiary/aromatic N) is 2. The van der Waals surface area contributed by atoms with Gasteiger partial charge in [-0.05, 0) is 55.5 Å². The van der Waals surface area contributed by atoms with Gasteiger partial charge >= 0.3 is 0 Å². The molecule has 0 radical (unpaired) electrons. The number of phenols is 3. The first-order valence-electron chi connectivity index (χ1n) is 8.19. The van der Waals surface area contributed by atoms with Crippen LogP contribution in [0.15, 0.2) is 54.6 Å². The fourth-order valence-corrected chi connectivity index (χ4v) is 2.71. The SMILES string of the molecule is Cc1c(O)ccc([N+](=O)[O-])c1N(Nc1ccc(O)c(N)c1)c1ccc(O)cc1. The molecule has 0 saturated carbocycles. The van der Waals surface area contributed by atoms with Crippen LogP contribution in [0.2, 0.25) is 0 Å². The predicted octanol–water partition coefficient (Wildman–Crippen LogP) is 3.77. The van der Waals surface area contributed by atoms with Crippen LogP contribution in [-0.4, -0.2) is 20.2 Å². The van der Waals surface area contributed by atoms with Gasteiger partial charge in [0.15, 0.2) is 0 Å². The molecule has 28 heavy (non-hydrogen) atoms. The summed E-state index contributed by atoms with van der Waals surface area (Å²) < 4.78 is 0. The zero-order chi connectivity index (χ0) is 20.4. The lowest BCUT2D eigenvalue weighted by molar-refractivity contribution is -0.384. The molecule has 0 saturated heterocycles. The van der Waals surface area contributed by atoms with Crippen molar-refractivity contribution in [2.75, 3.05) is 16.2 Å². The van der Waals surface area contributed by atoms with Gasteiger partial charge in [-0.1, -0.05) is 0 Å². The summed E-state index contributed by atoms with van der Waals surface area (Å²) in [4.78, 5) is 11.0. The van der Waals surface area contributed by atoms with Gasteiger partial charge in [0.05, 0.1) is 22.0 Å². The third-order valence-electron chi connectivity index (χ3n) is 4.18. The molecular formula is C19H18N4O5. The monoisotopic (exact) mass is 382 g/mol. The molecule has 3 rings (SSSR count). The zero-order valence-electron chi connectivity index (χ0n) is 14.8. The van der Waals surface area contributed by atoms with Gasteiger partial charge in [0.2, 0.25) is 0 Å². The number of nitrogens with two attached hydrogens (primary N) is 1. The summed E-state index contributed by atoms with van der Waals surface area (Å²) in [5.41, 5.74) is 9.93.